The minimum Gasteiger partial charge on any atom is -0.451 e. The smallest absolute Gasteiger partial charge is 0.363 e. The molecule has 0 aromatic carbocycles. The maximum atomic E-state index is 10.7. The molecule has 0 spiro atoms. The van der Waals surface area contributed by atoms with Gasteiger partial charge in [-0.15, -0.1) is 0 Å². The molecule has 6 nitrogen and oxygen atoms in total. The van der Waals surface area contributed by atoms with Gasteiger partial charge in [-0.3, -0.25) is 0 Å². The van der Waals surface area contributed by atoms with E-state index in [1.807, 2.05) is 0 Å². The second-order valence-electron chi connectivity index (χ2n) is 1.98. The van der Waals surface area contributed by atoms with E-state index in [0.717, 1.165) is 0 Å². The van der Waals surface area contributed by atoms with Crippen molar-refractivity contribution >= 4 is 17.4 Å². The molecule has 1 fully saturated rings. The van der Waals surface area contributed by atoms with E-state index in [1.54, 1.807) is 0 Å². The molecule has 2 N–H and O–H groups in total. The monoisotopic (exact) mass is 158 g/mol. The average Bonchev–Trinajstić information content (AvgIpc) is 2.24. The summed E-state index contributed by atoms with van der Waals surface area (Å²) in [6, 6.07) is 0. The number of esters is 1. The van der Waals surface area contributed by atoms with Gasteiger partial charge in [-0.2, -0.15) is 0 Å². The van der Waals surface area contributed by atoms with Crippen LogP contribution in [0.15, 0.2) is 10.3 Å². The third-order valence-electron chi connectivity index (χ3n) is 1.31. The Morgan fingerprint density at radius 1 is 1.45 bits per heavy atom. The summed E-state index contributed by atoms with van der Waals surface area (Å²) < 4.78 is 4.55. The Morgan fingerprint density at radius 3 is 2.45 bits per heavy atom. The summed E-state index contributed by atoms with van der Waals surface area (Å²) in [5, 5.41) is 21.9. The van der Waals surface area contributed by atoms with Crippen molar-refractivity contribution in [3.8, 4) is 0 Å². The first kappa shape index (κ1) is 7.52. The van der Waals surface area contributed by atoms with Crippen molar-refractivity contribution in [3.05, 3.63) is 0 Å². The molecule has 1 saturated heterocycles. The number of ether oxygens (including phenoxy) is 1. The van der Waals surface area contributed by atoms with Gasteiger partial charge in [0.1, 0.15) is 6.10 Å². The van der Waals surface area contributed by atoms with Crippen LogP contribution in [0.2, 0.25) is 0 Å². The van der Waals surface area contributed by atoms with Crippen molar-refractivity contribution in [1.82, 2.24) is 0 Å². The zero-order valence-electron chi connectivity index (χ0n) is 5.68. The first-order chi connectivity index (χ1) is 5.20. The molecule has 0 saturated carbocycles. The van der Waals surface area contributed by atoms with E-state index >= 15 is 0 Å². The van der Waals surface area contributed by atoms with E-state index < -0.39 is 12.1 Å². The molecule has 0 amide bonds. The fraction of sp³-hybridized carbons (Fsp3) is 0.400. The van der Waals surface area contributed by atoms with Gasteiger partial charge in [-0.1, -0.05) is 10.3 Å². The van der Waals surface area contributed by atoms with Crippen molar-refractivity contribution in [3.63, 3.8) is 0 Å². The predicted molar refractivity (Wildman–Crippen MR) is 34.0 cm³/mol. The molecule has 6 heteroatoms. The van der Waals surface area contributed by atoms with Crippen LogP contribution in [-0.4, -0.2) is 33.9 Å². The van der Waals surface area contributed by atoms with Crippen LogP contribution in [0.1, 0.15) is 6.92 Å². The van der Waals surface area contributed by atoms with Crippen LogP contribution in [0, 0.1) is 0 Å². The number of carbonyl (C=O) groups excluding carboxylic acids is 1. The Bertz CT molecular complexity index is 245. The molecule has 1 aliphatic rings. The van der Waals surface area contributed by atoms with Crippen LogP contribution in [0.3, 0.4) is 0 Å². The van der Waals surface area contributed by atoms with Crippen LogP contribution >= 0.6 is 0 Å². The molecular weight excluding hydrogens is 152 g/mol. The minimum atomic E-state index is -0.784. The average molecular weight is 158 g/mol. The van der Waals surface area contributed by atoms with Gasteiger partial charge >= 0.3 is 5.97 Å². The van der Waals surface area contributed by atoms with Crippen LogP contribution in [-0.2, 0) is 9.53 Å². The molecule has 11 heavy (non-hydrogen) atoms. The predicted octanol–water partition coefficient (Wildman–Crippen LogP) is -0.408. The lowest BCUT2D eigenvalue weighted by molar-refractivity contribution is -0.135. The number of hydrogen-bond acceptors (Lipinski definition) is 6. The molecule has 0 aromatic rings. The third-order valence-corrected chi connectivity index (χ3v) is 1.31. The van der Waals surface area contributed by atoms with Gasteiger partial charge in [-0.05, 0) is 6.92 Å². The Kier molecular flexibility index (Phi) is 1.75. The second-order valence-corrected chi connectivity index (χ2v) is 1.98. The molecule has 0 aromatic heterocycles. The van der Waals surface area contributed by atoms with Crippen molar-refractivity contribution in [2.75, 3.05) is 0 Å². The molecule has 0 radical (unpaired) electrons. The SMILES string of the molecule is CC1OC(=O)C(=NO)C1=NO. The van der Waals surface area contributed by atoms with Crippen LogP contribution < -0.4 is 0 Å². The highest BCUT2D eigenvalue weighted by Crippen LogP contribution is 2.08. The van der Waals surface area contributed by atoms with Gasteiger partial charge in [0.05, 0.1) is 0 Å². The zero-order chi connectivity index (χ0) is 8.43. The van der Waals surface area contributed by atoms with Crippen molar-refractivity contribution in [2.45, 2.75) is 13.0 Å². The number of rotatable bonds is 0. The third kappa shape index (κ3) is 1.02. The molecule has 1 heterocycles. The minimum absolute atomic E-state index is 0.0579. The summed E-state index contributed by atoms with van der Waals surface area (Å²) in [6.07, 6.45) is -0.654. The molecule has 0 bridgehead atoms. The molecule has 1 aliphatic heterocycles. The first-order valence-corrected chi connectivity index (χ1v) is 2.86. The summed E-state index contributed by atoms with van der Waals surface area (Å²) in [6.45, 7) is 1.51. The molecule has 60 valence electrons. The van der Waals surface area contributed by atoms with Crippen molar-refractivity contribution in [2.24, 2.45) is 10.3 Å². The maximum absolute atomic E-state index is 10.7. The van der Waals surface area contributed by atoms with Crippen LogP contribution in [0.4, 0.5) is 0 Å². The Morgan fingerprint density at radius 2 is 2.09 bits per heavy atom. The van der Waals surface area contributed by atoms with Gasteiger partial charge in [0.2, 0.25) is 5.71 Å². The highest BCUT2D eigenvalue weighted by Gasteiger charge is 2.36. The van der Waals surface area contributed by atoms with Gasteiger partial charge in [0, 0.05) is 0 Å². The molecular formula is C5H6N2O4. The lowest BCUT2D eigenvalue weighted by Gasteiger charge is -1.96. The van der Waals surface area contributed by atoms with Crippen LogP contribution in [0.25, 0.3) is 0 Å². The van der Waals surface area contributed by atoms with E-state index in [9.17, 15) is 4.79 Å². The fourth-order valence-corrected chi connectivity index (χ4v) is 0.790. The standard InChI is InChI=1S/C5H6N2O4/c1-2-3(6-9)4(7-10)5(8)11-2/h2,9-10H,1H3. The zero-order valence-corrected chi connectivity index (χ0v) is 5.68. The van der Waals surface area contributed by atoms with Gasteiger partial charge in [-0.25, -0.2) is 4.79 Å². The maximum Gasteiger partial charge on any atom is 0.363 e. The number of carbonyl (C=O) groups is 1. The number of cyclic esters (lactones) is 1. The van der Waals surface area contributed by atoms with Gasteiger partial charge < -0.3 is 15.2 Å². The highest BCUT2D eigenvalue weighted by atomic mass is 16.6. The number of hydrogen-bond donors (Lipinski definition) is 2. The Balaban J connectivity index is 3.03. The molecule has 1 atom stereocenters. The largest absolute Gasteiger partial charge is 0.451 e. The van der Waals surface area contributed by atoms with E-state index in [0.29, 0.717) is 0 Å². The molecule has 1 rings (SSSR count). The lowest BCUT2D eigenvalue weighted by Crippen LogP contribution is -2.18. The number of nitrogens with zero attached hydrogens (tertiary/aromatic N) is 2. The summed E-state index contributed by atoms with van der Waals surface area (Å²) in [4.78, 5) is 10.7. The molecule has 1 unspecified atom stereocenters. The molecule has 0 aliphatic carbocycles. The summed E-state index contributed by atoms with van der Waals surface area (Å²) in [7, 11) is 0. The Hall–Kier alpha value is -1.59. The van der Waals surface area contributed by atoms with Crippen LogP contribution in [0.5, 0.6) is 0 Å². The Labute approximate surface area is 61.8 Å². The van der Waals surface area contributed by atoms with E-state index in [2.05, 4.69) is 15.0 Å². The summed E-state index contributed by atoms with van der Waals surface area (Å²) >= 11 is 0. The fourth-order valence-electron chi connectivity index (χ4n) is 0.790. The highest BCUT2D eigenvalue weighted by molar-refractivity contribution is 6.68. The van der Waals surface area contributed by atoms with Crippen molar-refractivity contribution < 1.29 is 19.9 Å². The quantitative estimate of drug-likeness (QED) is 0.285. The normalized spacial score (nSPS) is 31.4. The van der Waals surface area contributed by atoms with Crippen molar-refractivity contribution in [1.29, 1.82) is 0 Å². The van der Waals surface area contributed by atoms with Gasteiger partial charge in [0.25, 0.3) is 0 Å². The van der Waals surface area contributed by atoms with E-state index in [1.165, 1.54) is 6.92 Å². The van der Waals surface area contributed by atoms with Gasteiger partial charge in [0.15, 0.2) is 5.71 Å². The van der Waals surface area contributed by atoms with E-state index in [4.69, 9.17) is 10.4 Å². The summed E-state index contributed by atoms with van der Waals surface area (Å²) in [5.74, 6) is -0.784. The van der Waals surface area contributed by atoms with E-state index in [-0.39, 0.29) is 11.4 Å². The second kappa shape index (κ2) is 2.57. The summed E-state index contributed by atoms with van der Waals surface area (Å²) in [5.41, 5.74) is -0.405. The number of oxime groups is 2. The lowest BCUT2D eigenvalue weighted by atomic mass is 10.2. The first-order valence-electron chi connectivity index (χ1n) is 2.86. The topological polar surface area (TPSA) is 91.5 Å².